The van der Waals surface area contributed by atoms with Gasteiger partial charge in [0.05, 0.1) is 21.3 Å². The van der Waals surface area contributed by atoms with Crippen molar-refractivity contribution in [2.24, 2.45) is 7.05 Å². The molecule has 0 unspecified atom stereocenters. The number of carbonyl (C=O) groups is 1. The Bertz CT molecular complexity index is 899. The van der Waals surface area contributed by atoms with E-state index in [0.717, 1.165) is 16.5 Å². The lowest BCUT2D eigenvalue weighted by Gasteiger charge is -2.13. The van der Waals surface area contributed by atoms with Crippen LogP contribution in [0, 0.1) is 6.07 Å². The molecule has 2 aromatic carbocycles. The van der Waals surface area contributed by atoms with Crippen LogP contribution in [0.15, 0.2) is 36.5 Å². The number of benzene rings is 2. The highest BCUT2D eigenvalue weighted by Gasteiger charge is 2.17. The van der Waals surface area contributed by atoms with E-state index >= 15 is 0 Å². The number of anilines is 1. The predicted octanol–water partition coefficient (Wildman–Crippen LogP) is 5.10. The third kappa shape index (κ3) is 2.82. The van der Waals surface area contributed by atoms with Crippen LogP contribution in [0.4, 0.5) is 5.69 Å². The SMILES string of the molecule is CCc1c(Cl)[c]cc(Cl)c1NC(=O)c1cn(C)c2ccccc12. The Labute approximate surface area is 144 Å². The van der Waals surface area contributed by atoms with Gasteiger partial charge < -0.3 is 9.88 Å². The van der Waals surface area contributed by atoms with Crippen molar-refractivity contribution in [3.05, 3.63) is 63.8 Å². The fourth-order valence-corrected chi connectivity index (χ4v) is 3.21. The van der Waals surface area contributed by atoms with Crippen LogP contribution in [0.25, 0.3) is 10.9 Å². The van der Waals surface area contributed by atoms with E-state index in [-0.39, 0.29) is 5.91 Å². The molecule has 3 rings (SSSR count). The molecule has 0 atom stereocenters. The number of halogens is 2. The van der Waals surface area contributed by atoms with Gasteiger partial charge in [-0.3, -0.25) is 4.79 Å². The van der Waals surface area contributed by atoms with Crippen LogP contribution in [0.2, 0.25) is 10.0 Å². The lowest BCUT2D eigenvalue weighted by Crippen LogP contribution is -2.13. The fraction of sp³-hybridized carbons (Fsp3) is 0.167. The van der Waals surface area contributed by atoms with Crippen molar-refractivity contribution in [2.45, 2.75) is 13.3 Å². The van der Waals surface area contributed by atoms with Crippen LogP contribution in [-0.2, 0) is 13.5 Å². The standard InChI is InChI=1S/C18H15Cl2N2O/c1-3-11-14(19)8-9-15(20)17(11)21-18(23)13-10-22(2)16-7-5-4-6-12(13)16/h4-7,9-10H,3H2,1-2H3,(H,21,23). The van der Waals surface area contributed by atoms with E-state index in [2.05, 4.69) is 11.4 Å². The number of amides is 1. The van der Waals surface area contributed by atoms with E-state index in [1.807, 2.05) is 49.0 Å². The second-order valence-corrected chi connectivity index (χ2v) is 6.07. The van der Waals surface area contributed by atoms with Crippen molar-refractivity contribution in [3.63, 3.8) is 0 Å². The van der Waals surface area contributed by atoms with Crippen LogP contribution in [0.1, 0.15) is 22.8 Å². The maximum absolute atomic E-state index is 12.7. The molecule has 117 valence electrons. The number of rotatable bonds is 3. The molecule has 1 amide bonds. The van der Waals surface area contributed by atoms with Gasteiger partial charge in [-0.1, -0.05) is 48.3 Å². The molecule has 0 spiro atoms. The maximum Gasteiger partial charge on any atom is 0.257 e. The smallest absolute Gasteiger partial charge is 0.257 e. The lowest BCUT2D eigenvalue weighted by molar-refractivity contribution is 0.102. The first-order valence-electron chi connectivity index (χ1n) is 7.27. The molecule has 3 aromatic rings. The molecule has 0 fully saturated rings. The molecule has 1 heterocycles. The van der Waals surface area contributed by atoms with Gasteiger partial charge >= 0.3 is 0 Å². The summed E-state index contributed by atoms with van der Waals surface area (Å²) in [5.41, 5.74) is 2.94. The summed E-state index contributed by atoms with van der Waals surface area (Å²) in [4.78, 5) is 12.7. The molecule has 0 aliphatic heterocycles. The topological polar surface area (TPSA) is 34.0 Å². The van der Waals surface area contributed by atoms with Gasteiger partial charge in [0.25, 0.3) is 5.91 Å². The maximum atomic E-state index is 12.7. The molecule has 0 bridgehead atoms. The molecular weight excluding hydrogens is 331 g/mol. The lowest BCUT2D eigenvalue weighted by atomic mass is 10.1. The minimum absolute atomic E-state index is 0.208. The minimum Gasteiger partial charge on any atom is -0.350 e. The average Bonchev–Trinajstić information content (AvgIpc) is 2.89. The normalized spacial score (nSPS) is 11.0. The van der Waals surface area contributed by atoms with E-state index in [4.69, 9.17) is 23.2 Å². The Morgan fingerprint density at radius 3 is 2.78 bits per heavy atom. The molecule has 0 saturated carbocycles. The first-order chi connectivity index (χ1) is 11.0. The van der Waals surface area contributed by atoms with Gasteiger partial charge in [0.1, 0.15) is 0 Å². The summed E-state index contributed by atoms with van der Waals surface area (Å²) in [5.74, 6) is -0.208. The summed E-state index contributed by atoms with van der Waals surface area (Å²) in [6.07, 6.45) is 2.47. The van der Waals surface area contributed by atoms with Crippen molar-refractivity contribution >= 4 is 45.7 Å². The molecule has 0 aliphatic carbocycles. The summed E-state index contributed by atoms with van der Waals surface area (Å²) in [6.45, 7) is 1.96. The molecule has 0 aliphatic rings. The van der Waals surface area contributed by atoms with Gasteiger partial charge in [-0.2, -0.15) is 0 Å². The van der Waals surface area contributed by atoms with Gasteiger partial charge in [-0.05, 0) is 24.1 Å². The number of nitrogens with zero attached hydrogens (tertiary/aromatic N) is 1. The number of carbonyl (C=O) groups excluding carboxylic acids is 1. The second kappa shape index (κ2) is 6.26. The van der Waals surface area contributed by atoms with E-state index in [0.29, 0.717) is 27.7 Å². The van der Waals surface area contributed by atoms with E-state index < -0.39 is 0 Å². The largest absolute Gasteiger partial charge is 0.350 e. The molecule has 0 saturated heterocycles. The summed E-state index contributed by atoms with van der Waals surface area (Å²) in [5, 5.41) is 4.71. The highest BCUT2D eigenvalue weighted by atomic mass is 35.5. The Hall–Kier alpha value is -1.97. The molecule has 1 aromatic heterocycles. The van der Waals surface area contributed by atoms with Crippen LogP contribution in [-0.4, -0.2) is 10.5 Å². The first kappa shape index (κ1) is 15.9. The number of nitrogens with one attached hydrogen (secondary N) is 1. The molecule has 3 nitrogen and oxygen atoms in total. The van der Waals surface area contributed by atoms with Crippen molar-refractivity contribution < 1.29 is 4.79 Å². The van der Waals surface area contributed by atoms with Crippen molar-refractivity contribution in [2.75, 3.05) is 5.32 Å². The highest BCUT2D eigenvalue weighted by Crippen LogP contribution is 2.32. The van der Waals surface area contributed by atoms with Crippen LogP contribution >= 0.6 is 23.2 Å². The van der Waals surface area contributed by atoms with Crippen LogP contribution in [0.5, 0.6) is 0 Å². The van der Waals surface area contributed by atoms with Gasteiger partial charge in [0.15, 0.2) is 0 Å². The minimum atomic E-state index is -0.208. The first-order valence-corrected chi connectivity index (χ1v) is 8.02. The predicted molar refractivity (Wildman–Crippen MR) is 95.5 cm³/mol. The number of aryl methyl sites for hydroxylation is 1. The Balaban J connectivity index is 2.04. The summed E-state index contributed by atoms with van der Waals surface area (Å²) in [6, 6.07) is 12.2. The van der Waals surface area contributed by atoms with E-state index in [1.54, 1.807) is 6.07 Å². The molecule has 1 radical (unpaired) electrons. The van der Waals surface area contributed by atoms with E-state index in [1.165, 1.54) is 0 Å². The highest BCUT2D eigenvalue weighted by molar-refractivity contribution is 6.36. The Morgan fingerprint density at radius 1 is 1.30 bits per heavy atom. The quantitative estimate of drug-likeness (QED) is 0.703. The number of hydrogen-bond acceptors (Lipinski definition) is 1. The Morgan fingerprint density at radius 2 is 2.04 bits per heavy atom. The molecule has 23 heavy (non-hydrogen) atoms. The molecule has 1 N–H and O–H groups in total. The van der Waals surface area contributed by atoms with Crippen molar-refractivity contribution in [1.29, 1.82) is 0 Å². The Kier molecular flexibility index (Phi) is 4.33. The molecular formula is C18H15Cl2N2O. The number of fused-ring (bicyclic) bond motifs is 1. The summed E-state index contributed by atoms with van der Waals surface area (Å²) in [7, 11) is 1.91. The van der Waals surface area contributed by atoms with Gasteiger partial charge in [0, 0.05) is 30.2 Å². The van der Waals surface area contributed by atoms with Crippen molar-refractivity contribution in [1.82, 2.24) is 4.57 Å². The zero-order chi connectivity index (χ0) is 16.6. The number of para-hydroxylation sites is 1. The average molecular weight is 346 g/mol. The monoisotopic (exact) mass is 345 g/mol. The zero-order valence-corrected chi connectivity index (χ0v) is 14.3. The van der Waals surface area contributed by atoms with Crippen molar-refractivity contribution in [3.8, 4) is 0 Å². The number of hydrogen-bond donors (Lipinski definition) is 1. The molecule has 5 heteroatoms. The summed E-state index contributed by atoms with van der Waals surface area (Å²) < 4.78 is 1.93. The third-order valence-electron chi connectivity index (χ3n) is 3.86. The second-order valence-electron chi connectivity index (χ2n) is 5.28. The van der Waals surface area contributed by atoms with Gasteiger partial charge in [0.2, 0.25) is 0 Å². The van der Waals surface area contributed by atoms with Gasteiger partial charge in [-0.15, -0.1) is 0 Å². The van der Waals surface area contributed by atoms with Crippen LogP contribution < -0.4 is 5.32 Å². The van der Waals surface area contributed by atoms with Crippen LogP contribution in [0.3, 0.4) is 0 Å². The fourth-order valence-electron chi connectivity index (χ4n) is 2.71. The summed E-state index contributed by atoms with van der Waals surface area (Å²) >= 11 is 12.4. The van der Waals surface area contributed by atoms with Gasteiger partial charge in [-0.25, -0.2) is 0 Å². The zero-order valence-electron chi connectivity index (χ0n) is 12.8. The third-order valence-corrected chi connectivity index (χ3v) is 4.50. The number of aromatic nitrogens is 1. The van der Waals surface area contributed by atoms with E-state index in [9.17, 15) is 4.79 Å².